The van der Waals surface area contributed by atoms with Crippen LogP contribution in [0.2, 0.25) is 0 Å². The largest absolute Gasteiger partial charge is 0.457 e. The van der Waals surface area contributed by atoms with E-state index >= 15 is 0 Å². The summed E-state index contributed by atoms with van der Waals surface area (Å²) in [5.41, 5.74) is 3.40. The van der Waals surface area contributed by atoms with Gasteiger partial charge in [0, 0.05) is 22.0 Å². The summed E-state index contributed by atoms with van der Waals surface area (Å²) in [5, 5.41) is 9.49. The number of carbonyl (C=O) groups is 1. The van der Waals surface area contributed by atoms with E-state index in [0.29, 0.717) is 16.5 Å². The van der Waals surface area contributed by atoms with Crippen LogP contribution in [0.4, 0.5) is 17.1 Å². The van der Waals surface area contributed by atoms with E-state index in [4.69, 9.17) is 17.0 Å². The van der Waals surface area contributed by atoms with Crippen LogP contribution in [-0.2, 0) is 4.79 Å². The Kier molecular flexibility index (Phi) is 9.09. The molecule has 7 heteroatoms. The molecule has 3 N–H and O–H groups in total. The third kappa shape index (κ3) is 7.72. The molecule has 5 aromatic carbocycles. The standard InChI is InChI=1S/C33H27N3O2S2/c37-32(34-26-16-20-29(21-17-26)38-28-14-8-3-9-15-28)31(24-10-4-1-5-11-24)40-30-22-18-27(19-23-30)36-33(39)35-25-12-6-2-7-13-25/h1-23,31H,(H,34,37)(H2,35,36,39). The molecule has 1 unspecified atom stereocenters. The Labute approximate surface area is 243 Å². The SMILES string of the molecule is O=C(Nc1ccc(Oc2ccccc2)cc1)C(Sc1ccc(NC(=S)Nc2ccccc2)cc1)c1ccccc1. The van der Waals surface area contributed by atoms with Crippen molar-refractivity contribution in [2.45, 2.75) is 10.1 Å². The van der Waals surface area contributed by atoms with Crippen molar-refractivity contribution >= 4 is 52.1 Å². The van der Waals surface area contributed by atoms with Crippen molar-refractivity contribution in [2.75, 3.05) is 16.0 Å². The smallest absolute Gasteiger partial charge is 0.242 e. The molecule has 0 bridgehead atoms. The zero-order chi connectivity index (χ0) is 27.6. The molecule has 5 nitrogen and oxygen atoms in total. The number of para-hydroxylation sites is 2. The Bertz CT molecular complexity index is 1530. The van der Waals surface area contributed by atoms with Crippen LogP contribution >= 0.6 is 24.0 Å². The Morgan fingerprint density at radius 2 is 1.05 bits per heavy atom. The minimum absolute atomic E-state index is 0.108. The summed E-state index contributed by atoms with van der Waals surface area (Å²) in [7, 11) is 0. The van der Waals surface area contributed by atoms with Gasteiger partial charge in [-0.15, -0.1) is 11.8 Å². The lowest BCUT2D eigenvalue weighted by Gasteiger charge is -2.18. The van der Waals surface area contributed by atoms with Gasteiger partial charge in [-0.05, 0) is 90.6 Å². The molecule has 0 saturated carbocycles. The number of hydrogen-bond donors (Lipinski definition) is 3. The predicted molar refractivity (Wildman–Crippen MR) is 169 cm³/mol. The van der Waals surface area contributed by atoms with Crippen molar-refractivity contribution in [3.8, 4) is 11.5 Å². The molecule has 0 spiro atoms. The summed E-state index contributed by atoms with van der Waals surface area (Å²) >= 11 is 6.92. The minimum Gasteiger partial charge on any atom is -0.457 e. The fraction of sp³-hybridized carbons (Fsp3) is 0.0303. The molecule has 0 aliphatic carbocycles. The molecule has 0 aliphatic heterocycles. The molecular formula is C33H27N3O2S2. The lowest BCUT2D eigenvalue weighted by Crippen LogP contribution is -2.19. The topological polar surface area (TPSA) is 62.4 Å². The second-order valence-corrected chi connectivity index (χ2v) is 10.4. The molecule has 5 aromatic rings. The lowest BCUT2D eigenvalue weighted by atomic mass is 10.1. The van der Waals surface area contributed by atoms with Crippen LogP contribution in [0.15, 0.2) is 144 Å². The number of thiocarbonyl (C=S) groups is 1. The van der Waals surface area contributed by atoms with Crippen LogP contribution < -0.4 is 20.7 Å². The molecule has 0 fully saturated rings. The van der Waals surface area contributed by atoms with Crippen LogP contribution in [0.25, 0.3) is 0 Å². The van der Waals surface area contributed by atoms with Crippen LogP contribution in [0.5, 0.6) is 11.5 Å². The number of rotatable bonds is 9. The van der Waals surface area contributed by atoms with Gasteiger partial charge in [0.2, 0.25) is 5.91 Å². The van der Waals surface area contributed by atoms with Crippen molar-refractivity contribution in [1.82, 2.24) is 0 Å². The van der Waals surface area contributed by atoms with Crippen molar-refractivity contribution in [3.05, 3.63) is 145 Å². The van der Waals surface area contributed by atoms with Crippen molar-refractivity contribution < 1.29 is 9.53 Å². The summed E-state index contributed by atoms with van der Waals surface area (Å²) in [6.07, 6.45) is 0. The number of anilines is 3. The van der Waals surface area contributed by atoms with Gasteiger partial charge in [0.25, 0.3) is 0 Å². The maximum atomic E-state index is 13.5. The van der Waals surface area contributed by atoms with Gasteiger partial charge in [0.05, 0.1) is 0 Å². The fourth-order valence-corrected chi connectivity index (χ4v) is 5.17. The molecule has 0 heterocycles. The highest BCUT2D eigenvalue weighted by atomic mass is 32.2. The highest BCUT2D eigenvalue weighted by molar-refractivity contribution is 8.00. The first-order valence-electron chi connectivity index (χ1n) is 12.7. The summed E-state index contributed by atoms with van der Waals surface area (Å²) in [6, 6.07) is 44.4. The summed E-state index contributed by atoms with van der Waals surface area (Å²) < 4.78 is 5.86. The van der Waals surface area contributed by atoms with Gasteiger partial charge in [-0.2, -0.15) is 0 Å². The number of hydrogen-bond acceptors (Lipinski definition) is 4. The quantitative estimate of drug-likeness (QED) is 0.124. The van der Waals surface area contributed by atoms with Gasteiger partial charge in [-0.1, -0.05) is 66.7 Å². The van der Waals surface area contributed by atoms with E-state index in [2.05, 4.69) is 16.0 Å². The Morgan fingerprint density at radius 1 is 0.575 bits per heavy atom. The van der Waals surface area contributed by atoms with Gasteiger partial charge < -0.3 is 20.7 Å². The van der Waals surface area contributed by atoms with Gasteiger partial charge >= 0.3 is 0 Å². The molecule has 0 radical (unpaired) electrons. The summed E-state index contributed by atoms with van der Waals surface area (Å²) in [6.45, 7) is 0. The second kappa shape index (κ2) is 13.5. The van der Waals surface area contributed by atoms with Crippen molar-refractivity contribution in [1.29, 1.82) is 0 Å². The maximum Gasteiger partial charge on any atom is 0.242 e. The van der Waals surface area contributed by atoms with E-state index in [0.717, 1.165) is 27.6 Å². The molecule has 1 atom stereocenters. The first-order chi connectivity index (χ1) is 19.6. The Hall–Kier alpha value is -4.59. The van der Waals surface area contributed by atoms with Crippen LogP contribution in [0.3, 0.4) is 0 Å². The van der Waals surface area contributed by atoms with Crippen LogP contribution in [0.1, 0.15) is 10.8 Å². The van der Waals surface area contributed by atoms with Crippen LogP contribution in [-0.4, -0.2) is 11.0 Å². The van der Waals surface area contributed by atoms with Gasteiger partial charge in [-0.25, -0.2) is 0 Å². The monoisotopic (exact) mass is 561 g/mol. The fourth-order valence-electron chi connectivity index (χ4n) is 3.91. The summed E-state index contributed by atoms with van der Waals surface area (Å²) in [5.74, 6) is 1.35. The first-order valence-corrected chi connectivity index (χ1v) is 14.0. The molecule has 198 valence electrons. The minimum atomic E-state index is -0.443. The number of nitrogens with one attached hydrogen (secondary N) is 3. The zero-order valence-electron chi connectivity index (χ0n) is 21.5. The second-order valence-electron chi connectivity index (χ2n) is 8.81. The highest BCUT2D eigenvalue weighted by Gasteiger charge is 2.22. The molecule has 0 aromatic heterocycles. The third-order valence-corrected chi connectivity index (χ3v) is 7.31. The van der Waals surface area contributed by atoms with Crippen molar-refractivity contribution in [2.24, 2.45) is 0 Å². The number of amides is 1. The molecule has 40 heavy (non-hydrogen) atoms. The molecule has 0 saturated heterocycles. The van der Waals surface area contributed by atoms with Gasteiger partial charge in [0.1, 0.15) is 16.7 Å². The van der Waals surface area contributed by atoms with E-state index < -0.39 is 5.25 Å². The molecule has 1 amide bonds. The maximum absolute atomic E-state index is 13.5. The molecule has 0 aliphatic rings. The number of carbonyl (C=O) groups excluding carboxylic acids is 1. The summed E-state index contributed by atoms with van der Waals surface area (Å²) in [4.78, 5) is 14.4. The zero-order valence-corrected chi connectivity index (χ0v) is 23.1. The Balaban J connectivity index is 1.23. The first kappa shape index (κ1) is 27.0. The number of ether oxygens (including phenoxy) is 1. The van der Waals surface area contributed by atoms with E-state index in [1.54, 1.807) is 0 Å². The predicted octanol–water partition coefficient (Wildman–Crippen LogP) is 8.76. The van der Waals surface area contributed by atoms with Crippen molar-refractivity contribution in [3.63, 3.8) is 0 Å². The van der Waals surface area contributed by atoms with Gasteiger partial charge in [-0.3, -0.25) is 4.79 Å². The molecular weight excluding hydrogens is 535 g/mol. The van der Waals surface area contributed by atoms with Gasteiger partial charge in [0.15, 0.2) is 5.11 Å². The van der Waals surface area contributed by atoms with E-state index in [1.165, 1.54) is 11.8 Å². The highest BCUT2D eigenvalue weighted by Crippen LogP contribution is 2.37. The molecule has 5 rings (SSSR count). The average molecular weight is 562 g/mol. The van der Waals surface area contributed by atoms with E-state index in [-0.39, 0.29) is 5.91 Å². The Morgan fingerprint density at radius 3 is 1.68 bits per heavy atom. The normalized spacial score (nSPS) is 11.2. The third-order valence-electron chi connectivity index (χ3n) is 5.84. The lowest BCUT2D eigenvalue weighted by molar-refractivity contribution is -0.115. The average Bonchev–Trinajstić information content (AvgIpc) is 2.99. The van der Waals surface area contributed by atoms with E-state index in [1.807, 2.05) is 140 Å². The van der Waals surface area contributed by atoms with E-state index in [9.17, 15) is 4.79 Å². The number of benzene rings is 5. The van der Waals surface area contributed by atoms with Crippen LogP contribution in [0, 0.1) is 0 Å². The number of thioether (sulfide) groups is 1.